The molecule has 3 heterocycles. The molecule has 3 rings (SSSR count). The zero-order valence-corrected chi connectivity index (χ0v) is 11.7. The van der Waals surface area contributed by atoms with Crippen LogP contribution in [-0.4, -0.2) is 42.0 Å². The summed E-state index contributed by atoms with van der Waals surface area (Å²) in [5.74, 6) is -0.383. The fourth-order valence-electron chi connectivity index (χ4n) is 2.10. The first kappa shape index (κ1) is 13.5. The largest absolute Gasteiger partial charge is 0.377 e. The summed E-state index contributed by atoms with van der Waals surface area (Å²) < 4.78 is 10.8. The van der Waals surface area contributed by atoms with Gasteiger partial charge >= 0.3 is 5.55 Å². The number of carbonyl (C=O) groups excluding carboxylic acids is 1. The average molecular weight is 290 g/mol. The number of morpholine rings is 1. The number of aryl methyl sites for hydroxylation is 1. The summed E-state index contributed by atoms with van der Waals surface area (Å²) in [6.45, 7) is 2.85. The Morgan fingerprint density at radius 1 is 1.43 bits per heavy atom. The molecule has 1 aliphatic heterocycles. The molecule has 8 heteroatoms. The van der Waals surface area contributed by atoms with Crippen molar-refractivity contribution in [3.63, 3.8) is 0 Å². The number of ether oxygens (including phenoxy) is 1. The average Bonchev–Trinajstić information content (AvgIpc) is 2.89. The first-order valence-electron chi connectivity index (χ1n) is 6.65. The molecule has 0 saturated carbocycles. The van der Waals surface area contributed by atoms with E-state index in [1.807, 2.05) is 0 Å². The van der Waals surface area contributed by atoms with Gasteiger partial charge in [0.1, 0.15) is 7.05 Å². The summed E-state index contributed by atoms with van der Waals surface area (Å²) in [5.41, 5.74) is 0.673. The van der Waals surface area contributed by atoms with Crippen LogP contribution in [0.5, 0.6) is 0 Å². The van der Waals surface area contributed by atoms with Gasteiger partial charge in [0.2, 0.25) is 0 Å². The fraction of sp³-hybridized carbons (Fsp3) is 0.385. The second-order valence-corrected chi connectivity index (χ2v) is 4.57. The minimum absolute atomic E-state index is 0.248. The molecular formula is C13H16N5O3+. The number of hydrogen-bond acceptors (Lipinski definition) is 5. The van der Waals surface area contributed by atoms with Crippen molar-refractivity contribution in [1.82, 2.24) is 9.84 Å². The third-order valence-electron chi connectivity index (χ3n) is 3.14. The normalized spacial score (nSPS) is 16.2. The highest BCUT2D eigenvalue weighted by molar-refractivity contribution is 5.94. The monoisotopic (exact) mass is 290 g/mol. The number of hydrogen-bond donors (Lipinski definition) is 0. The van der Waals surface area contributed by atoms with Gasteiger partial charge < -0.3 is 9.26 Å². The van der Waals surface area contributed by atoms with E-state index in [2.05, 4.69) is 15.0 Å². The van der Waals surface area contributed by atoms with Gasteiger partial charge in [0.05, 0.1) is 31.9 Å². The van der Waals surface area contributed by atoms with Crippen molar-refractivity contribution in [3.05, 3.63) is 41.8 Å². The van der Waals surface area contributed by atoms with Crippen LogP contribution >= 0.6 is 0 Å². The lowest BCUT2D eigenvalue weighted by Crippen LogP contribution is -2.65. The van der Waals surface area contributed by atoms with Gasteiger partial charge in [0.15, 0.2) is 0 Å². The molecule has 1 saturated heterocycles. The molecular weight excluding hydrogens is 274 g/mol. The van der Waals surface area contributed by atoms with E-state index >= 15 is 0 Å². The molecule has 8 nitrogen and oxygen atoms in total. The number of amides is 1. The van der Waals surface area contributed by atoms with Gasteiger partial charge in [-0.2, -0.15) is 10.0 Å². The van der Waals surface area contributed by atoms with Crippen LogP contribution < -0.4 is 15.4 Å². The van der Waals surface area contributed by atoms with Crippen LogP contribution in [0.4, 0.5) is 0 Å². The molecule has 0 N–H and O–H groups in total. The molecule has 0 atom stereocenters. The molecule has 1 aliphatic rings. The standard InChI is InChI=1S/C13H16N5O3/c1-16-18(17-5-7-20-8-6-17)10-12(21-16)15-13(19)11-3-2-4-14-9-11/h2-4,9-10H,5-8H2,1H3/q+1. The first-order chi connectivity index (χ1) is 10.2. The molecule has 1 amide bonds. The SMILES string of the molecule is Cn1oc(=NC(=O)c2cccnc2)c[n+]1N1CCOCC1. The van der Waals surface area contributed by atoms with Crippen LogP contribution in [0.3, 0.4) is 0 Å². The zero-order chi connectivity index (χ0) is 14.7. The van der Waals surface area contributed by atoms with Gasteiger partial charge in [-0.15, -0.1) is 0 Å². The third-order valence-corrected chi connectivity index (χ3v) is 3.14. The lowest BCUT2D eigenvalue weighted by Gasteiger charge is -2.20. The molecule has 0 unspecified atom stereocenters. The minimum atomic E-state index is -0.383. The van der Waals surface area contributed by atoms with Gasteiger partial charge in [-0.3, -0.25) is 9.78 Å². The van der Waals surface area contributed by atoms with Crippen LogP contribution in [0.1, 0.15) is 10.4 Å². The Morgan fingerprint density at radius 3 is 2.95 bits per heavy atom. The number of aromatic nitrogens is 3. The summed E-state index contributed by atoms with van der Waals surface area (Å²) in [5, 5.41) is 2.06. The topological polar surface area (TPSA) is 76.7 Å². The molecule has 2 aromatic heterocycles. The van der Waals surface area contributed by atoms with Gasteiger partial charge in [-0.1, -0.05) is 0 Å². The summed E-state index contributed by atoms with van der Waals surface area (Å²) >= 11 is 0. The van der Waals surface area contributed by atoms with E-state index in [-0.39, 0.29) is 11.5 Å². The fourth-order valence-corrected chi connectivity index (χ4v) is 2.10. The summed E-state index contributed by atoms with van der Waals surface area (Å²) in [6, 6.07) is 3.36. The molecule has 0 bridgehead atoms. The van der Waals surface area contributed by atoms with E-state index in [9.17, 15) is 4.79 Å². The van der Waals surface area contributed by atoms with Gasteiger partial charge in [-0.05, 0) is 12.1 Å². The lowest BCUT2D eigenvalue weighted by atomic mass is 10.3. The summed E-state index contributed by atoms with van der Waals surface area (Å²) in [6.07, 6.45) is 4.76. The second kappa shape index (κ2) is 5.88. The molecule has 0 radical (unpaired) electrons. The van der Waals surface area contributed by atoms with Crippen LogP contribution in [0, 0.1) is 0 Å². The smallest absolute Gasteiger partial charge is 0.325 e. The van der Waals surface area contributed by atoms with Crippen molar-refractivity contribution in [2.75, 3.05) is 31.3 Å². The van der Waals surface area contributed by atoms with Crippen LogP contribution in [0.15, 0.2) is 40.2 Å². The Morgan fingerprint density at radius 2 is 2.24 bits per heavy atom. The van der Waals surface area contributed by atoms with Crippen molar-refractivity contribution in [2.24, 2.45) is 12.0 Å². The van der Waals surface area contributed by atoms with Crippen molar-refractivity contribution in [1.29, 1.82) is 0 Å². The summed E-state index contributed by atoms with van der Waals surface area (Å²) in [7, 11) is 1.75. The maximum atomic E-state index is 12.0. The molecule has 21 heavy (non-hydrogen) atoms. The lowest BCUT2D eigenvalue weighted by molar-refractivity contribution is -0.785. The highest BCUT2D eigenvalue weighted by atomic mass is 16.5. The number of pyridine rings is 1. The highest BCUT2D eigenvalue weighted by Gasteiger charge is 2.22. The van der Waals surface area contributed by atoms with Gasteiger partial charge in [0.25, 0.3) is 12.1 Å². The first-order valence-corrected chi connectivity index (χ1v) is 6.65. The van der Waals surface area contributed by atoms with Crippen LogP contribution in [-0.2, 0) is 11.8 Å². The Hall–Kier alpha value is -2.48. The second-order valence-electron chi connectivity index (χ2n) is 4.57. The Labute approximate surface area is 120 Å². The van der Waals surface area contributed by atoms with Crippen molar-refractivity contribution >= 4 is 5.91 Å². The molecule has 0 spiro atoms. The molecule has 2 aromatic rings. The van der Waals surface area contributed by atoms with Gasteiger partial charge in [0, 0.05) is 22.0 Å². The number of nitrogens with zero attached hydrogens (tertiary/aromatic N) is 5. The Bertz CT molecular complexity index is 685. The Kier molecular flexibility index (Phi) is 3.78. The van der Waals surface area contributed by atoms with Crippen LogP contribution in [0.2, 0.25) is 0 Å². The Balaban J connectivity index is 1.86. The molecule has 0 aromatic carbocycles. The van der Waals surface area contributed by atoms with E-state index in [4.69, 9.17) is 9.26 Å². The predicted molar refractivity (Wildman–Crippen MR) is 70.8 cm³/mol. The predicted octanol–water partition coefficient (Wildman–Crippen LogP) is -0.990. The maximum absolute atomic E-state index is 12.0. The van der Waals surface area contributed by atoms with Crippen molar-refractivity contribution < 1.29 is 18.8 Å². The van der Waals surface area contributed by atoms with Crippen LogP contribution in [0.25, 0.3) is 0 Å². The van der Waals surface area contributed by atoms with Gasteiger partial charge in [-0.25, -0.2) is 0 Å². The van der Waals surface area contributed by atoms with E-state index in [1.54, 1.807) is 36.4 Å². The van der Waals surface area contributed by atoms with E-state index in [0.717, 1.165) is 13.1 Å². The third kappa shape index (κ3) is 3.00. The number of rotatable bonds is 2. The molecule has 0 aliphatic carbocycles. The number of carbonyl (C=O) groups is 1. The maximum Gasteiger partial charge on any atom is 0.325 e. The van der Waals surface area contributed by atoms with E-state index < -0.39 is 0 Å². The van der Waals surface area contributed by atoms with E-state index in [0.29, 0.717) is 18.8 Å². The highest BCUT2D eigenvalue weighted by Crippen LogP contribution is 1.97. The zero-order valence-electron chi connectivity index (χ0n) is 11.7. The quantitative estimate of drug-likeness (QED) is 0.664. The summed E-state index contributed by atoms with van der Waals surface area (Å²) in [4.78, 5) is 23.2. The molecule has 1 fully saturated rings. The van der Waals surface area contributed by atoms with E-state index in [1.165, 1.54) is 11.1 Å². The minimum Gasteiger partial charge on any atom is -0.377 e. The van der Waals surface area contributed by atoms with Crippen molar-refractivity contribution in [2.45, 2.75) is 0 Å². The molecule has 110 valence electrons. The van der Waals surface area contributed by atoms with Crippen molar-refractivity contribution in [3.8, 4) is 0 Å².